The molecule has 0 N–H and O–H groups in total. The van der Waals surface area contributed by atoms with Crippen LogP contribution >= 0.6 is 0 Å². The molecule has 0 aliphatic rings. The number of aryl methyl sites for hydroxylation is 1. The summed E-state index contributed by atoms with van der Waals surface area (Å²) < 4.78 is 4.46. The van der Waals surface area contributed by atoms with Crippen LogP contribution in [0.1, 0.15) is 0 Å². The van der Waals surface area contributed by atoms with Crippen molar-refractivity contribution in [3.05, 3.63) is 358 Å². The number of benzene rings is 17. The highest BCUT2D eigenvalue weighted by molar-refractivity contribution is 6.30. The van der Waals surface area contributed by atoms with E-state index in [1.54, 1.807) is 0 Å². The van der Waals surface area contributed by atoms with Gasteiger partial charge in [0.1, 0.15) is 11.6 Å². The minimum absolute atomic E-state index is 0.941. The summed E-state index contributed by atoms with van der Waals surface area (Å²) >= 11 is 0. The van der Waals surface area contributed by atoms with Crippen molar-refractivity contribution in [3.63, 3.8) is 0 Å². The third kappa shape index (κ3) is 9.76. The molecule has 0 fully saturated rings. The molecule has 0 saturated carbocycles. The van der Waals surface area contributed by atoms with Crippen molar-refractivity contribution >= 4 is 86.7 Å². The van der Waals surface area contributed by atoms with Gasteiger partial charge in [-0.1, -0.05) is 322 Å². The number of hydrogen-bond donors (Lipinski definition) is 0. The molecule has 17 aromatic carbocycles. The summed E-state index contributed by atoms with van der Waals surface area (Å²) in [6.07, 6.45) is 0. The van der Waals surface area contributed by atoms with Crippen LogP contribution in [0, 0.1) is 0 Å². The number of imidazole rings is 2. The molecule has 0 radical (unpaired) electrons. The van der Waals surface area contributed by atoms with Gasteiger partial charge in [-0.25, -0.2) is 9.97 Å². The van der Waals surface area contributed by atoms with Crippen molar-refractivity contribution in [1.29, 1.82) is 0 Å². The molecule has 0 unspecified atom stereocenters. The first-order valence-corrected chi connectivity index (χ1v) is 33.3. The zero-order valence-electron chi connectivity index (χ0n) is 53.4. The Bertz CT molecular complexity index is 6200. The molecule has 454 valence electrons. The average molecular weight is 1240 g/mol. The monoisotopic (exact) mass is 1230 g/mol. The Hall–Kier alpha value is -12.8. The van der Waals surface area contributed by atoms with Gasteiger partial charge in [0.15, 0.2) is 0 Å². The highest BCUT2D eigenvalue weighted by Crippen LogP contribution is 2.50. The van der Waals surface area contributed by atoms with E-state index in [0.29, 0.717) is 0 Å². The van der Waals surface area contributed by atoms with Gasteiger partial charge in [0.05, 0.1) is 22.1 Å². The lowest BCUT2D eigenvalue weighted by Crippen LogP contribution is -1.97. The van der Waals surface area contributed by atoms with Gasteiger partial charge < -0.3 is 4.57 Å². The molecular weight excluding hydrogens is 1170 g/mol. The SMILES string of the molecule is Cn1c(-c2ccccc2)nc2cc(-c3cccc4c3ccc3c(-c5ccccc5)c5ccccc5c(-c5ccccc5)c34)ccc21.c1ccc(-c2c3ccccc3c(-c3ccccc3)c3c2ccc2c(-c4ccc(-n5c(-c6ccccc6)nc6ccccc65)cc4)cccc23)cc1. The molecule has 0 spiro atoms. The fraction of sp³-hybridized carbons (Fsp3) is 0.0108. The molecule has 4 nitrogen and oxygen atoms in total. The number of hydrogen-bond acceptors (Lipinski definition) is 2. The molecule has 97 heavy (non-hydrogen) atoms. The fourth-order valence-electron chi connectivity index (χ4n) is 15.3. The van der Waals surface area contributed by atoms with Gasteiger partial charge >= 0.3 is 0 Å². The smallest absolute Gasteiger partial charge is 0.145 e. The largest absolute Gasteiger partial charge is 0.327 e. The van der Waals surface area contributed by atoms with Crippen LogP contribution in [-0.2, 0) is 7.05 Å². The summed E-state index contributed by atoms with van der Waals surface area (Å²) in [5, 5.41) is 15.1. The third-order valence-corrected chi connectivity index (χ3v) is 19.6. The van der Waals surface area contributed by atoms with Gasteiger partial charge in [0, 0.05) is 23.9 Å². The van der Waals surface area contributed by atoms with Crippen molar-refractivity contribution < 1.29 is 0 Å². The van der Waals surface area contributed by atoms with E-state index in [1.165, 1.54) is 131 Å². The van der Waals surface area contributed by atoms with Crippen LogP contribution in [0.3, 0.4) is 0 Å². The number of fused-ring (bicyclic) bond motifs is 10. The third-order valence-electron chi connectivity index (χ3n) is 19.6. The second-order valence-corrected chi connectivity index (χ2v) is 25.1. The predicted octanol–water partition coefficient (Wildman–Crippen LogP) is 24.9. The first kappa shape index (κ1) is 56.9. The molecule has 19 aromatic rings. The van der Waals surface area contributed by atoms with Crippen LogP contribution in [0.2, 0.25) is 0 Å². The highest BCUT2D eigenvalue weighted by atomic mass is 15.1. The molecule has 0 amide bonds. The minimum Gasteiger partial charge on any atom is -0.327 e. The van der Waals surface area contributed by atoms with Gasteiger partial charge in [-0.2, -0.15) is 0 Å². The maximum Gasteiger partial charge on any atom is 0.145 e. The number of aromatic nitrogens is 4. The Morgan fingerprint density at radius 1 is 0.216 bits per heavy atom. The number of nitrogens with zero attached hydrogens (tertiary/aromatic N) is 4. The normalized spacial score (nSPS) is 11.6. The molecule has 2 heterocycles. The van der Waals surface area contributed by atoms with Crippen LogP contribution < -0.4 is 0 Å². The van der Waals surface area contributed by atoms with Crippen LogP contribution in [-0.4, -0.2) is 19.1 Å². The lowest BCUT2D eigenvalue weighted by atomic mass is 9.83. The maximum atomic E-state index is 5.09. The Morgan fingerprint density at radius 3 is 1.06 bits per heavy atom. The van der Waals surface area contributed by atoms with Gasteiger partial charge in [0.25, 0.3) is 0 Å². The molecule has 2 aromatic heterocycles. The van der Waals surface area contributed by atoms with E-state index in [1.807, 2.05) is 12.1 Å². The Kier molecular flexibility index (Phi) is 14.1. The zero-order chi connectivity index (χ0) is 64.3. The standard InChI is InChI=1S/C49H32N2.C44H30N2/c1-4-15-34(16-5-1)46-41-21-10-11-22-42(41)47(35-17-6-2-7-18-35)48-40-24-14-23-38(39(40)31-32-43(46)48)33-27-29-37(30-28-33)51-45-26-13-12-25-44(45)50-49(51)36-19-8-3-9-20-36;1-46-40-27-24-32(28-39(40)45-44(46)31-18-9-4-10-19-31)33-22-13-23-35-34(33)25-26-38-41(29-14-5-2-6-15-29)36-20-11-12-21-37(36)42(43(35)38)30-16-7-3-8-17-30/h1-32H;2-28H,1H3. The fourth-order valence-corrected chi connectivity index (χ4v) is 15.3. The van der Waals surface area contributed by atoms with Crippen molar-refractivity contribution in [2.24, 2.45) is 7.05 Å². The van der Waals surface area contributed by atoms with E-state index in [0.717, 1.165) is 50.5 Å². The first-order chi connectivity index (χ1) is 48.1. The Morgan fingerprint density at radius 2 is 0.577 bits per heavy atom. The van der Waals surface area contributed by atoms with E-state index in [9.17, 15) is 0 Å². The minimum atomic E-state index is 0.941. The van der Waals surface area contributed by atoms with Crippen LogP contribution in [0.5, 0.6) is 0 Å². The summed E-state index contributed by atoms with van der Waals surface area (Å²) in [4.78, 5) is 10.2. The van der Waals surface area contributed by atoms with Crippen molar-refractivity contribution in [3.8, 4) is 95.2 Å². The molecular formula is C93H62N4. The van der Waals surface area contributed by atoms with E-state index < -0.39 is 0 Å². The molecule has 0 aliphatic carbocycles. The Labute approximate surface area is 562 Å². The van der Waals surface area contributed by atoms with Gasteiger partial charge in [-0.15, -0.1) is 0 Å². The van der Waals surface area contributed by atoms with Gasteiger partial charge in [-0.05, 0) is 168 Å². The van der Waals surface area contributed by atoms with Crippen molar-refractivity contribution in [2.45, 2.75) is 0 Å². The van der Waals surface area contributed by atoms with E-state index >= 15 is 0 Å². The van der Waals surface area contributed by atoms with Crippen LogP contribution in [0.4, 0.5) is 0 Å². The van der Waals surface area contributed by atoms with Gasteiger partial charge in [0.2, 0.25) is 0 Å². The molecule has 0 saturated heterocycles. The van der Waals surface area contributed by atoms with Crippen molar-refractivity contribution in [1.82, 2.24) is 19.1 Å². The van der Waals surface area contributed by atoms with Crippen LogP contribution in [0.15, 0.2) is 358 Å². The van der Waals surface area contributed by atoms with Crippen LogP contribution in [0.25, 0.3) is 182 Å². The lowest BCUT2D eigenvalue weighted by Gasteiger charge is -2.20. The van der Waals surface area contributed by atoms with E-state index in [4.69, 9.17) is 9.97 Å². The summed E-state index contributed by atoms with van der Waals surface area (Å²) in [6.45, 7) is 0. The number of rotatable bonds is 9. The Balaban J connectivity index is 0.000000142. The molecule has 0 bridgehead atoms. The predicted molar refractivity (Wildman–Crippen MR) is 410 cm³/mol. The average Bonchev–Trinajstić information content (AvgIpc) is 1.45. The second-order valence-electron chi connectivity index (χ2n) is 25.1. The molecule has 0 atom stereocenters. The summed E-state index contributed by atoms with van der Waals surface area (Å²) in [6, 6.07) is 129. The lowest BCUT2D eigenvalue weighted by molar-refractivity contribution is 0.959. The molecule has 4 heteroatoms. The zero-order valence-corrected chi connectivity index (χ0v) is 53.4. The summed E-state index contributed by atoms with van der Waals surface area (Å²) in [5.74, 6) is 1.92. The first-order valence-electron chi connectivity index (χ1n) is 33.3. The maximum absolute atomic E-state index is 5.09. The molecule has 19 rings (SSSR count). The quantitative estimate of drug-likeness (QED) is 0.107. The van der Waals surface area contributed by atoms with Crippen molar-refractivity contribution in [2.75, 3.05) is 0 Å². The second kappa shape index (κ2) is 24.0. The van der Waals surface area contributed by atoms with E-state index in [-0.39, 0.29) is 0 Å². The number of para-hydroxylation sites is 2. The van der Waals surface area contributed by atoms with E-state index in [2.05, 4.69) is 362 Å². The topological polar surface area (TPSA) is 35.6 Å². The van der Waals surface area contributed by atoms with Gasteiger partial charge in [-0.3, -0.25) is 4.57 Å². The molecule has 0 aliphatic heterocycles. The summed E-state index contributed by atoms with van der Waals surface area (Å²) in [5.41, 5.74) is 22.3. The highest BCUT2D eigenvalue weighted by Gasteiger charge is 2.23. The summed E-state index contributed by atoms with van der Waals surface area (Å²) in [7, 11) is 2.10.